The first kappa shape index (κ1) is 17.2. The van der Waals surface area contributed by atoms with Crippen molar-refractivity contribution in [3.05, 3.63) is 34.4 Å². The van der Waals surface area contributed by atoms with E-state index in [2.05, 4.69) is 61.2 Å². The van der Waals surface area contributed by atoms with E-state index in [0.717, 1.165) is 0 Å². The normalized spacial score (nSPS) is 10.4. The Kier molecular flexibility index (Phi) is 8.48. The van der Waals surface area contributed by atoms with Gasteiger partial charge in [-0.05, 0) is 42.0 Å². The summed E-state index contributed by atoms with van der Waals surface area (Å²) in [6, 6.07) is 4.49. The van der Waals surface area contributed by atoms with Crippen LogP contribution in [0.1, 0.15) is 42.0 Å². The zero-order chi connectivity index (χ0) is 13.6. The molecule has 0 fully saturated rings. The van der Waals surface area contributed by atoms with Gasteiger partial charge in [-0.2, -0.15) is 0 Å². The fourth-order valence-corrected chi connectivity index (χ4v) is 1.99. The van der Waals surface area contributed by atoms with Crippen LogP contribution >= 0.6 is 33.0 Å². The van der Waals surface area contributed by atoms with Gasteiger partial charge in [0.1, 0.15) is 0 Å². The third-order valence-electron chi connectivity index (χ3n) is 2.52. The van der Waals surface area contributed by atoms with Gasteiger partial charge in [-0.25, -0.2) is 4.21 Å². The standard InChI is InChI=1S/C12H17Cl.Cl2OS/c1-8(2)11-5-9(3)12(7-13)10(4)6-11;1-4(2)3/h5-6,8H,7H2,1-4H3;. The lowest BCUT2D eigenvalue weighted by Crippen LogP contribution is -1.95. The molecule has 17 heavy (non-hydrogen) atoms. The maximum absolute atomic E-state index is 9.09. The molecule has 0 radical (unpaired) electrons. The van der Waals surface area contributed by atoms with E-state index in [9.17, 15) is 0 Å². The topological polar surface area (TPSA) is 17.1 Å². The molecule has 0 unspecified atom stereocenters. The second kappa shape index (κ2) is 8.36. The average molecular weight is 316 g/mol. The predicted octanol–water partition coefficient (Wildman–Crippen LogP) is 5.21. The van der Waals surface area contributed by atoms with Gasteiger partial charge in [0.25, 0.3) is 0 Å². The van der Waals surface area contributed by atoms with E-state index >= 15 is 0 Å². The summed E-state index contributed by atoms with van der Waals surface area (Å²) in [5, 5.41) is 0. The predicted molar refractivity (Wildman–Crippen MR) is 79.4 cm³/mol. The maximum atomic E-state index is 9.09. The molecule has 0 saturated heterocycles. The van der Waals surface area contributed by atoms with Crippen LogP contribution in [0.3, 0.4) is 0 Å². The molecule has 0 bridgehead atoms. The molecule has 0 aromatic heterocycles. The first-order chi connectivity index (χ1) is 7.79. The summed E-state index contributed by atoms with van der Waals surface area (Å²) in [7, 11) is 7.36. The Balaban J connectivity index is 0.000000557. The van der Waals surface area contributed by atoms with E-state index in [4.69, 9.17) is 15.8 Å². The van der Waals surface area contributed by atoms with Gasteiger partial charge < -0.3 is 0 Å². The van der Waals surface area contributed by atoms with Gasteiger partial charge in [-0.1, -0.05) is 26.0 Å². The molecule has 1 aromatic rings. The van der Waals surface area contributed by atoms with Crippen LogP contribution in [0, 0.1) is 13.8 Å². The number of rotatable bonds is 2. The van der Waals surface area contributed by atoms with Gasteiger partial charge in [-0.15, -0.1) is 11.6 Å². The van der Waals surface area contributed by atoms with Crippen molar-refractivity contribution in [3.63, 3.8) is 0 Å². The molecule has 98 valence electrons. The van der Waals surface area contributed by atoms with Gasteiger partial charge in [0.15, 0.2) is 0 Å². The summed E-state index contributed by atoms with van der Waals surface area (Å²) in [5.74, 6) is 1.22. The molecule has 0 aliphatic carbocycles. The Labute approximate surface area is 120 Å². The molecule has 5 heteroatoms. The van der Waals surface area contributed by atoms with E-state index in [-0.39, 0.29) is 0 Å². The Hall–Kier alpha value is 0.240. The molecular weight excluding hydrogens is 299 g/mol. The summed E-state index contributed by atoms with van der Waals surface area (Å²) >= 11 is 5.87. The number of aryl methyl sites for hydroxylation is 2. The van der Waals surface area contributed by atoms with E-state index in [1.807, 2.05) is 0 Å². The average Bonchev–Trinajstić information content (AvgIpc) is 2.15. The van der Waals surface area contributed by atoms with Gasteiger partial charge >= 0.3 is 0 Å². The molecule has 0 heterocycles. The van der Waals surface area contributed by atoms with E-state index in [0.29, 0.717) is 11.8 Å². The SMILES string of the molecule is Cc1cc(C(C)C)cc(C)c1CCl.O=S(Cl)Cl. The molecule has 0 spiro atoms. The zero-order valence-corrected chi connectivity index (χ0v) is 13.5. The second-order valence-corrected chi connectivity index (χ2v) is 6.90. The van der Waals surface area contributed by atoms with Crippen LogP contribution < -0.4 is 0 Å². The number of halogens is 3. The number of hydrogen-bond acceptors (Lipinski definition) is 1. The van der Waals surface area contributed by atoms with Crippen LogP contribution in [0.15, 0.2) is 12.1 Å². The smallest absolute Gasteiger partial charge is 0.211 e. The molecule has 1 nitrogen and oxygen atoms in total. The van der Waals surface area contributed by atoms with Gasteiger partial charge in [-0.3, -0.25) is 0 Å². The first-order valence-corrected chi connectivity index (χ1v) is 8.53. The van der Waals surface area contributed by atoms with Crippen LogP contribution in [0.5, 0.6) is 0 Å². The number of alkyl halides is 1. The molecular formula is C12H17Cl3OS. The lowest BCUT2D eigenvalue weighted by Gasteiger charge is -2.12. The van der Waals surface area contributed by atoms with E-state index in [1.165, 1.54) is 22.3 Å². The van der Waals surface area contributed by atoms with Gasteiger partial charge in [0, 0.05) is 27.2 Å². The van der Waals surface area contributed by atoms with Gasteiger partial charge in [0.2, 0.25) is 9.23 Å². The molecule has 0 saturated carbocycles. The summed E-state index contributed by atoms with van der Waals surface area (Å²) in [5.41, 5.74) is 5.33. The summed E-state index contributed by atoms with van der Waals surface area (Å²) < 4.78 is 9.09. The maximum Gasteiger partial charge on any atom is 0.211 e. The van der Waals surface area contributed by atoms with Crippen LogP contribution in [0.4, 0.5) is 0 Å². The van der Waals surface area contributed by atoms with Crippen LogP contribution in [-0.2, 0) is 15.1 Å². The lowest BCUT2D eigenvalue weighted by atomic mass is 9.95. The highest BCUT2D eigenvalue weighted by molar-refractivity contribution is 8.26. The molecule has 0 aliphatic heterocycles. The number of benzene rings is 1. The van der Waals surface area contributed by atoms with Crippen molar-refractivity contribution in [1.82, 2.24) is 0 Å². The monoisotopic (exact) mass is 314 g/mol. The Bertz CT molecular complexity index is 364. The zero-order valence-electron chi connectivity index (χ0n) is 10.4. The van der Waals surface area contributed by atoms with Crippen molar-refractivity contribution in [2.75, 3.05) is 0 Å². The Morgan fingerprint density at radius 2 is 1.53 bits per heavy atom. The lowest BCUT2D eigenvalue weighted by molar-refractivity contribution is 0.698. The van der Waals surface area contributed by atoms with E-state index < -0.39 is 9.23 Å². The highest BCUT2D eigenvalue weighted by Crippen LogP contribution is 2.23. The minimum absolute atomic E-state index is 0.599. The molecule has 1 aromatic carbocycles. The third-order valence-corrected chi connectivity index (χ3v) is 2.79. The highest BCUT2D eigenvalue weighted by Gasteiger charge is 2.05. The van der Waals surface area contributed by atoms with Gasteiger partial charge in [0.05, 0.1) is 0 Å². The van der Waals surface area contributed by atoms with Crippen LogP contribution in [0.25, 0.3) is 0 Å². The van der Waals surface area contributed by atoms with Crippen molar-refractivity contribution in [1.29, 1.82) is 0 Å². The number of hydrogen-bond donors (Lipinski definition) is 0. The van der Waals surface area contributed by atoms with Crippen LogP contribution in [0.2, 0.25) is 0 Å². The van der Waals surface area contributed by atoms with Crippen molar-refractivity contribution in [2.45, 2.75) is 39.5 Å². The fourth-order valence-electron chi connectivity index (χ4n) is 1.57. The third kappa shape index (κ3) is 6.66. The first-order valence-electron chi connectivity index (χ1n) is 5.19. The quantitative estimate of drug-likeness (QED) is 0.541. The minimum atomic E-state index is -1.67. The Morgan fingerprint density at radius 1 is 1.18 bits per heavy atom. The summed E-state index contributed by atoms with van der Waals surface area (Å²) in [6.45, 7) is 8.70. The largest absolute Gasteiger partial charge is 0.225 e. The molecule has 0 aliphatic rings. The van der Waals surface area contributed by atoms with Crippen molar-refractivity contribution < 1.29 is 4.21 Å². The highest BCUT2D eigenvalue weighted by atomic mass is 36.0. The van der Waals surface area contributed by atoms with Crippen molar-refractivity contribution in [3.8, 4) is 0 Å². The molecule has 0 atom stereocenters. The summed E-state index contributed by atoms with van der Waals surface area (Å²) in [4.78, 5) is 0. The van der Waals surface area contributed by atoms with Crippen molar-refractivity contribution in [2.24, 2.45) is 0 Å². The minimum Gasteiger partial charge on any atom is -0.225 e. The molecule has 0 N–H and O–H groups in total. The Morgan fingerprint density at radius 3 is 1.76 bits per heavy atom. The molecule has 0 amide bonds. The summed E-state index contributed by atoms with van der Waals surface area (Å²) in [6.07, 6.45) is 0. The van der Waals surface area contributed by atoms with Crippen molar-refractivity contribution >= 4 is 42.2 Å². The second-order valence-electron chi connectivity index (χ2n) is 4.11. The fraction of sp³-hybridized carbons (Fsp3) is 0.500. The molecule has 1 rings (SSSR count). The van der Waals surface area contributed by atoms with Crippen LogP contribution in [-0.4, -0.2) is 4.21 Å². The van der Waals surface area contributed by atoms with E-state index in [1.54, 1.807) is 0 Å².